The molecule has 2 saturated carbocycles. The van der Waals surface area contributed by atoms with E-state index in [1.165, 1.54) is 37.4 Å². The first kappa shape index (κ1) is 35.8. The number of carbonyl (C=O) groups excluding carboxylic acids is 3. The lowest BCUT2D eigenvalue weighted by molar-refractivity contribution is -0.267. The van der Waals surface area contributed by atoms with Gasteiger partial charge < -0.3 is 28.5 Å². The van der Waals surface area contributed by atoms with Crippen LogP contribution in [0.1, 0.15) is 88.4 Å². The van der Waals surface area contributed by atoms with Gasteiger partial charge in [-0.3, -0.25) is 14.6 Å². The molecule has 2 fully saturated rings. The molecular formula is C39H42N2O10. The van der Waals surface area contributed by atoms with Gasteiger partial charge in [-0.15, -0.1) is 0 Å². The van der Waals surface area contributed by atoms with Crippen LogP contribution in [0.2, 0.25) is 0 Å². The summed E-state index contributed by atoms with van der Waals surface area (Å²) in [4.78, 5) is 56.9. The first-order chi connectivity index (χ1) is 24.1. The molecule has 3 aromatic rings. The second kappa shape index (κ2) is 13.3. The summed E-state index contributed by atoms with van der Waals surface area (Å²) in [5.74, 6) is -3.05. The number of hydrogen-bond donors (Lipinski definition) is 1. The Morgan fingerprint density at radius 1 is 1.10 bits per heavy atom. The number of aliphatic hydroxyl groups excluding tert-OH is 1. The van der Waals surface area contributed by atoms with Crippen molar-refractivity contribution in [2.45, 2.75) is 84.7 Å². The van der Waals surface area contributed by atoms with Gasteiger partial charge in [0.25, 0.3) is 0 Å². The minimum Gasteiger partial charge on any atom is -0.482 e. The Balaban J connectivity index is 1.49. The van der Waals surface area contributed by atoms with E-state index in [1.807, 2.05) is 19.9 Å². The molecule has 0 spiro atoms. The summed E-state index contributed by atoms with van der Waals surface area (Å²) in [6.07, 6.45) is 1.01. The van der Waals surface area contributed by atoms with Gasteiger partial charge in [-0.05, 0) is 73.9 Å². The topological polar surface area (TPSA) is 175 Å². The van der Waals surface area contributed by atoms with Crippen LogP contribution in [0.4, 0.5) is 0 Å². The molecule has 12 nitrogen and oxygen atoms in total. The number of aliphatic hydroxyl groups is 1. The second-order valence-electron chi connectivity index (χ2n) is 14.9. The second-order valence-corrected chi connectivity index (χ2v) is 14.9. The molecule has 2 aliphatic carbocycles. The Hall–Kier alpha value is -5.02. The Morgan fingerprint density at radius 3 is 2.45 bits per heavy atom. The summed E-state index contributed by atoms with van der Waals surface area (Å²) in [7, 11) is 0. The number of hydrogen-bond acceptors (Lipinski definition) is 12. The molecule has 51 heavy (non-hydrogen) atoms. The maximum atomic E-state index is 13.8. The van der Waals surface area contributed by atoms with Crippen LogP contribution in [0.3, 0.4) is 0 Å². The molecule has 0 radical (unpaired) electrons. The molecule has 2 unspecified atom stereocenters. The first-order valence-corrected chi connectivity index (χ1v) is 17.1. The van der Waals surface area contributed by atoms with E-state index in [1.54, 1.807) is 45.2 Å². The van der Waals surface area contributed by atoms with Crippen molar-refractivity contribution in [1.29, 1.82) is 5.26 Å². The van der Waals surface area contributed by atoms with E-state index in [9.17, 15) is 29.5 Å². The molecule has 268 valence electrons. The molecule has 3 heterocycles. The standard InChI is InChI=1S/C39H42N2O10/c1-21(2)34(44)47-20-38(5)28-17-30(50-35(45)24-11-9-23(18-40)10-12-24)39(6)33(37(28,4)14-13-29(38)48-22(3)42)32(43)31-27(51-39)16-26(49-36(31)46)25-8-7-15-41-19-25/h7-12,15-16,19,21,28-30,32-33,43H,13-14,17,20H2,1-6H3/t28?,29-,30-,32-,33?,37-,38-,39+/m0/s1. The summed E-state index contributed by atoms with van der Waals surface area (Å²) in [5, 5.41) is 21.6. The Bertz CT molecular complexity index is 1940. The number of fused-ring (bicyclic) bond motifs is 4. The number of benzene rings is 1. The zero-order valence-electron chi connectivity index (χ0n) is 29.5. The van der Waals surface area contributed by atoms with Crippen molar-refractivity contribution in [3.63, 3.8) is 0 Å². The van der Waals surface area contributed by atoms with Crippen molar-refractivity contribution in [2.75, 3.05) is 6.61 Å². The van der Waals surface area contributed by atoms with Crippen molar-refractivity contribution in [1.82, 2.24) is 4.98 Å². The van der Waals surface area contributed by atoms with Crippen molar-refractivity contribution in [3.05, 3.63) is 82.0 Å². The van der Waals surface area contributed by atoms with Crippen molar-refractivity contribution < 1.29 is 42.9 Å². The van der Waals surface area contributed by atoms with Gasteiger partial charge in [0.05, 0.1) is 29.2 Å². The molecule has 6 rings (SSSR count). The van der Waals surface area contributed by atoms with Gasteiger partial charge in [-0.2, -0.15) is 5.26 Å². The molecule has 0 amide bonds. The van der Waals surface area contributed by atoms with Crippen molar-refractivity contribution >= 4 is 17.9 Å². The number of carbonyl (C=O) groups is 3. The molecule has 0 saturated heterocycles. The van der Waals surface area contributed by atoms with Crippen LogP contribution in [0, 0.1) is 39.9 Å². The van der Waals surface area contributed by atoms with Crippen LogP contribution in [0.5, 0.6) is 5.75 Å². The summed E-state index contributed by atoms with van der Waals surface area (Å²) in [5.41, 5.74) is -2.95. The van der Waals surface area contributed by atoms with Gasteiger partial charge in [0.2, 0.25) is 0 Å². The third kappa shape index (κ3) is 6.18. The summed E-state index contributed by atoms with van der Waals surface area (Å²) >= 11 is 0. The lowest BCUT2D eigenvalue weighted by Gasteiger charge is -2.66. The smallest absolute Gasteiger partial charge is 0.345 e. The van der Waals surface area contributed by atoms with Crippen molar-refractivity contribution in [3.8, 4) is 23.1 Å². The number of nitriles is 1. The van der Waals surface area contributed by atoms with Gasteiger partial charge in [-0.1, -0.05) is 27.7 Å². The molecule has 1 aliphatic heterocycles. The fourth-order valence-electron chi connectivity index (χ4n) is 8.85. The average Bonchev–Trinajstić information content (AvgIpc) is 3.09. The summed E-state index contributed by atoms with van der Waals surface area (Å²) in [6, 6.07) is 13.0. The number of rotatable bonds is 7. The first-order valence-electron chi connectivity index (χ1n) is 17.1. The van der Waals surface area contributed by atoms with E-state index in [0.717, 1.165) is 0 Å². The van der Waals surface area contributed by atoms with Crippen LogP contribution >= 0.6 is 0 Å². The molecule has 1 aromatic carbocycles. The molecule has 2 aromatic heterocycles. The third-order valence-corrected chi connectivity index (χ3v) is 11.3. The fraction of sp³-hybridized carbons (Fsp3) is 0.487. The van der Waals surface area contributed by atoms with E-state index >= 15 is 0 Å². The van der Waals surface area contributed by atoms with E-state index in [-0.39, 0.29) is 35.7 Å². The Morgan fingerprint density at radius 2 is 1.82 bits per heavy atom. The Kier molecular flexibility index (Phi) is 9.31. The predicted octanol–water partition coefficient (Wildman–Crippen LogP) is 5.56. The van der Waals surface area contributed by atoms with Crippen LogP contribution in [0.25, 0.3) is 11.3 Å². The highest BCUT2D eigenvalue weighted by atomic mass is 16.6. The third-order valence-electron chi connectivity index (χ3n) is 11.3. The molecular weight excluding hydrogens is 656 g/mol. The highest BCUT2D eigenvalue weighted by Crippen LogP contribution is 2.67. The van der Waals surface area contributed by atoms with Gasteiger partial charge in [0.15, 0.2) is 0 Å². The van der Waals surface area contributed by atoms with Gasteiger partial charge in [-0.25, -0.2) is 9.59 Å². The number of pyridine rings is 1. The van der Waals surface area contributed by atoms with E-state index < -0.39 is 76.0 Å². The van der Waals surface area contributed by atoms with Crippen molar-refractivity contribution in [2.24, 2.45) is 28.6 Å². The van der Waals surface area contributed by atoms with Crippen LogP contribution < -0.4 is 10.4 Å². The lowest BCUT2D eigenvalue weighted by atomic mass is 9.42. The normalized spacial score (nSPS) is 30.8. The minimum absolute atomic E-state index is 0.0563. The number of esters is 3. The van der Waals surface area contributed by atoms with Crippen LogP contribution in [0.15, 0.2) is 64.1 Å². The van der Waals surface area contributed by atoms with Gasteiger partial charge >= 0.3 is 23.5 Å². The molecule has 8 atom stereocenters. The van der Waals surface area contributed by atoms with Crippen LogP contribution in [-0.4, -0.2) is 52.4 Å². The number of ether oxygens (including phenoxy) is 4. The monoisotopic (exact) mass is 698 g/mol. The maximum Gasteiger partial charge on any atom is 0.345 e. The Labute approximate surface area is 295 Å². The minimum atomic E-state index is -1.42. The fourth-order valence-corrected chi connectivity index (χ4v) is 8.85. The molecule has 3 aliphatic rings. The number of nitrogens with zero attached hydrogens (tertiary/aromatic N) is 2. The largest absolute Gasteiger partial charge is 0.482 e. The summed E-state index contributed by atoms with van der Waals surface area (Å²) in [6.45, 7) is 10.3. The SMILES string of the molecule is CC(=O)O[C@H]1CC[C@@]2(C)C(C[C@H](OC(=O)c3ccc(C#N)cc3)[C@@]3(C)Oc4cc(-c5cccnc5)oc(=O)c4[C@H](O)C23)[C@]1(C)COC(=O)C(C)C. The zero-order valence-corrected chi connectivity index (χ0v) is 29.5. The van der Waals surface area contributed by atoms with Gasteiger partial charge in [0.1, 0.15) is 41.5 Å². The molecule has 0 bridgehead atoms. The van der Waals surface area contributed by atoms with E-state index in [4.69, 9.17) is 23.4 Å². The maximum absolute atomic E-state index is 13.8. The summed E-state index contributed by atoms with van der Waals surface area (Å²) < 4.78 is 30.6. The molecule has 12 heteroatoms. The lowest BCUT2D eigenvalue weighted by Crippen LogP contribution is -2.71. The predicted molar refractivity (Wildman–Crippen MR) is 181 cm³/mol. The highest BCUT2D eigenvalue weighted by molar-refractivity contribution is 5.89. The number of aromatic nitrogens is 1. The van der Waals surface area contributed by atoms with Gasteiger partial charge in [0, 0.05) is 42.3 Å². The quantitative estimate of drug-likeness (QED) is 0.241. The van der Waals surface area contributed by atoms with E-state index in [2.05, 4.69) is 4.98 Å². The highest BCUT2D eigenvalue weighted by Gasteiger charge is 2.71. The molecule has 1 N–H and O–H groups in total. The van der Waals surface area contributed by atoms with E-state index in [0.29, 0.717) is 24.0 Å². The average molecular weight is 699 g/mol. The zero-order chi connectivity index (χ0) is 36.9. The van der Waals surface area contributed by atoms with Crippen LogP contribution in [-0.2, 0) is 23.8 Å².